The van der Waals surface area contributed by atoms with Gasteiger partial charge in [-0.3, -0.25) is 10.1 Å². The molecule has 2 N–H and O–H groups in total. The van der Waals surface area contributed by atoms with E-state index in [0.717, 1.165) is 12.0 Å². The van der Waals surface area contributed by atoms with Gasteiger partial charge in [0.05, 0.1) is 4.92 Å². The maximum Gasteiger partial charge on any atom is 0.287 e. The summed E-state index contributed by atoms with van der Waals surface area (Å²) in [4.78, 5) is 9.99. The number of hydrogen-bond acceptors (Lipinski definition) is 3. The predicted octanol–water partition coefficient (Wildman–Crippen LogP) is 2.06. The molecule has 1 aromatic rings. The Morgan fingerprint density at radius 2 is 2.21 bits per heavy atom. The van der Waals surface area contributed by atoms with Crippen molar-refractivity contribution in [2.24, 2.45) is 5.73 Å². The van der Waals surface area contributed by atoms with Crippen LogP contribution < -0.4 is 5.73 Å². The summed E-state index contributed by atoms with van der Waals surface area (Å²) >= 11 is 5.76. The lowest BCUT2D eigenvalue weighted by Gasteiger charge is -2.00. The number of nitro benzene ring substituents is 1. The molecule has 2 rings (SSSR count). The van der Waals surface area contributed by atoms with Gasteiger partial charge in [-0.2, -0.15) is 0 Å². The van der Waals surface area contributed by atoms with Crippen molar-refractivity contribution in [3.05, 3.63) is 38.9 Å². The van der Waals surface area contributed by atoms with E-state index in [0.29, 0.717) is 5.92 Å². The number of rotatable bonds is 2. The minimum absolute atomic E-state index is 0.0513. The van der Waals surface area contributed by atoms with Crippen molar-refractivity contribution in [3.8, 4) is 0 Å². The topological polar surface area (TPSA) is 69.2 Å². The van der Waals surface area contributed by atoms with Crippen LogP contribution in [0.3, 0.4) is 0 Å². The molecule has 0 spiro atoms. The lowest BCUT2D eigenvalue weighted by atomic mass is 10.1. The van der Waals surface area contributed by atoms with Gasteiger partial charge >= 0.3 is 0 Å². The number of benzene rings is 1. The largest absolute Gasteiger partial charge is 0.327 e. The number of hydrogen-bond donors (Lipinski definition) is 1. The van der Waals surface area contributed by atoms with Crippen LogP contribution in [0.25, 0.3) is 0 Å². The van der Waals surface area contributed by atoms with Crippen LogP contribution in [0.1, 0.15) is 17.9 Å². The van der Waals surface area contributed by atoms with Crippen LogP contribution in [0.5, 0.6) is 0 Å². The molecule has 0 bridgehead atoms. The first-order chi connectivity index (χ1) is 6.59. The average molecular weight is 213 g/mol. The van der Waals surface area contributed by atoms with Gasteiger partial charge in [-0.25, -0.2) is 0 Å². The maximum atomic E-state index is 10.5. The molecule has 0 radical (unpaired) electrons. The van der Waals surface area contributed by atoms with E-state index >= 15 is 0 Å². The Labute approximate surface area is 85.8 Å². The zero-order valence-corrected chi connectivity index (χ0v) is 8.07. The number of nitro groups is 1. The fourth-order valence-corrected chi connectivity index (χ4v) is 1.76. The van der Waals surface area contributed by atoms with E-state index in [-0.39, 0.29) is 16.8 Å². The molecular formula is C9H9ClN2O2. The zero-order valence-electron chi connectivity index (χ0n) is 7.31. The van der Waals surface area contributed by atoms with Crippen LogP contribution in [0.2, 0.25) is 5.02 Å². The lowest BCUT2D eigenvalue weighted by molar-refractivity contribution is -0.384. The summed E-state index contributed by atoms with van der Waals surface area (Å²) in [6.07, 6.45) is 0.939. The maximum absolute atomic E-state index is 10.5. The Morgan fingerprint density at radius 1 is 1.57 bits per heavy atom. The molecule has 0 heterocycles. The minimum atomic E-state index is -0.487. The summed E-state index contributed by atoms with van der Waals surface area (Å²) in [5.74, 6) is 0.327. The molecule has 1 aliphatic carbocycles. The van der Waals surface area contributed by atoms with Gasteiger partial charge in [-0.15, -0.1) is 0 Å². The van der Waals surface area contributed by atoms with Crippen LogP contribution in [0.15, 0.2) is 18.2 Å². The second-order valence-corrected chi connectivity index (χ2v) is 3.88. The Bertz CT molecular complexity index is 394. The lowest BCUT2D eigenvalue weighted by Crippen LogP contribution is -2.01. The van der Waals surface area contributed by atoms with E-state index in [9.17, 15) is 10.1 Å². The first kappa shape index (κ1) is 9.43. The Balaban J connectivity index is 2.31. The third-order valence-corrected chi connectivity index (χ3v) is 2.74. The molecule has 2 atom stereocenters. The Morgan fingerprint density at radius 3 is 2.64 bits per heavy atom. The molecule has 1 aromatic carbocycles. The molecule has 14 heavy (non-hydrogen) atoms. The van der Waals surface area contributed by atoms with Gasteiger partial charge in [0.25, 0.3) is 5.69 Å². The van der Waals surface area contributed by atoms with Crippen molar-refractivity contribution >= 4 is 17.3 Å². The van der Waals surface area contributed by atoms with Crippen LogP contribution in [-0.4, -0.2) is 11.0 Å². The molecule has 0 amide bonds. The van der Waals surface area contributed by atoms with Crippen molar-refractivity contribution in [2.45, 2.75) is 18.4 Å². The molecule has 0 saturated heterocycles. The summed E-state index contributed by atoms with van der Waals surface area (Å²) in [6.45, 7) is 0. The van der Waals surface area contributed by atoms with Crippen molar-refractivity contribution in [1.82, 2.24) is 0 Å². The molecule has 74 valence electrons. The molecule has 0 aliphatic heterocycles. The van der Waals surface area contributed by atoms with Gasteiger partial charge in [0, 0.05) is 18.0 Å². The van der Waals surface area contributed by atoms with E-state index in [4.69, 9.17) is 17.3 Å². The second-order valence-electron chi connectivity index (χ2n) is 3.47. The summed E-state index contributed by atoms with van der Waals surface area (Å²) in [6, 6.07) is 4.98. The van der Waals surface area contributed by atoms with Crippen LogP contribution >= 0.6 is 11.6 Å². The van der Waals surface area contributed by atoms with Crippen molar-refractivity contribution < 1.29 is 4.92 Å². The van der Waals surface area contributed by atoms with Crippen LogP contribution in [-0.2, 0) is 0 Å². The highest BCUT2D eigenvalue weighted by Crippen LogP contribution is 2.41. The van der Waals surface area contributed by atoms with E-state index in [1.807, 2.05) is 0 Å². The van der Waals surface area contributed by atoms with Gasteiger partial charge in [0.2, 0.25) is 0 Å². The first-order valence-electron chi connectivity index (χ1n) is 4.29. The van der Waals surface area contributed by atoms with Crippen LogP contribution in [0.4, 0.5) is 5.69 Å². The molecule has 1 fully saturated rings. The molecule has 4 nitrogen and oxygen atoms in total. The van der Waals surface area contributed by atoms with Gasteiger partial charge in [-0.1, -0.05) is 17.7 Å². The minimum Gasteiger partial charge on any atom is -0.327 e. The van der Waals surface area contributed by atoms with E-state index in [2.05, 4.69) is 0 Å². The molecule has 1 aliphatic rings. The molecule has 0 aromatic heterocycles. The SMILES string of the molecule is NC1CC1c1ccc([N+](=O)[O-])c(Cl)c1. The normalized spacial score (nSPS) is 24.7. The standard InChI is InChI=1S/C9H9ClN2O2/c10-7-3-5(6-4-8(6)11)1-2-9(7)12(13)14/h1-3,6,8H,4,11H2. The summed E-state index contributed by atoms with van der Waals surface area (Å²) in [5, 5.41) is 10.7. The van der Waals surface area contributed by atoms with Crippen molar-refractivity contribution in [1.29, 1.82) is 0 Å². The van der Waals surface area contributed by atoms with E-state index in [1.54, 1.807) is 12.1 Å². The number of nitrogens with two attached hydrogens (primary N) is 1. The smallest absolute Gasteiger partial charge is 0.287 e. The third-order valence-electron chi connectivity index (χ3n) is 2.44. The predicted molar refractivity (Wildman–Crippen MR) is 53.4 cm³/mol. The molecule has 2 unspecified atom stereocenters. The van der Waals surface area contributed by atoms with Gasteiger partial charge in [-0.05, 0) is 18.1 Å². The fraction of sp³-hybridized carbons (Fsp3) is 0.333. The fourth-order valence-electron chi connectivity index (χ4n) is 1.50. The third kappa shape index (κ3) is 1.58. The number of nitrogens with zero attached hydrogens (tertiary/aromatic N) is 1. The molecule has 1 saturated carbocycles. The quantitative estimate of drug-likeness (QED) is 0.603. The van der Waals surface area contributed by atoms with Gasteiger partial charge in [0.15, 0.2) is 0 Å². The Kier molecular flexibility index (Phi) is 2.17. The zero-order chi connectivity index (χ0) is 10.3. The monoisotopic (exact) mass is 212 g/mol. The van der Waals surface area contributed by atoms with E-state index in [1.165, 1.54) is 6.07 Å². The highest BCUT2D eigenvalue weighted by atomic mass is 35.5. The highest BCUT2D eigenvalue weighted by Gasteiger charge is 2.35. The van der Waals surface area contributed by atoms with Crippen LogP contribution in [0, 0.1) is 10.1 Å². The van der Waals surface area contributed by atoms with Crippen molar-refractivity contribution in [2.75, 3.05) is 0 Å². The summed E-state index contributed by atoms with van der Waals surface area (Å²) in [5.41, 5.74) is 6.61. The van der Waals surface area contributed by atoms with E-state index < -0.39 is 4.92 Å². The second kappa shape index (κ2) is 3.22. The first-order valence-corrected chi connectivity index (χ1v) is 4.67. The highest BCUT2D eigenvalue weighted by molar-refractivity contribution is 6.32. The number of halogens is 1. The van der Waals surface area contributed by atoms with Gasteiger partial charge in [0.1, 0.15) is 5.02 Å². The van der Waals surface area contributed by atoms with Crippen molar-refractivity contribution in [3.63, 3.8) is 0 Å². The molecular weight excluding hydrogens is 204 g/mol. The summed E-state index contributed by atoms with van der Waals surface area (Å²) in [7, 11) is 0. The Hall–Kier alpha value is -1.13. The average Bonchev–Trinajstić information content (AvgIpc) is 2.81. The van der Waals surface area contributed by atoms with Gasteiger partial charge < -0.3 is 5.73 Å². The summed E-state index contributed by atoms with van der Waals surface area (Å²) < 4.78 is 0. The molecule has 5 heteroatoms.